The van der Waals surface area contributed by atoms with Gasteiger partial charge in [-0.05, 0) is 31.2 Å². The minimum Gasteiger partial charge on any atom is -0.485 e. The Morgan fingerprint density at radius 3 is 3.00 bits per heavy atom. The number of ether oxygens (including phenoxy) is 1. The fraction of sp³-hybridized carbons (Fsp3) is 0.667. The first kappa shape index (κ1) is 18.2. The maximum atomic E-state index is 12.3. The molecule has 0 bridgehead atoms. The van der Waals surface area contributed by atoms with Gasteiger partial charge in [-0.15, -0.1) is 0 Å². The number of nitrogens with one attached hydrogen (secondary N) is 1. The second kappa shape index (κ2) is 8.65. The molecule has 7 heteroatoms. The molecule has 3 heterocycles. The molecule has 0 spiro atoms. The first-order chi connectivity index (χ1) is 12.2. The molecule has 2 atom stereocenters. The number of carbonyl (C=O) groups excluding carboxylic acids is 1. The smallest absolute Gasteiger partial charge is 0.317 e. The van der Waals surface area contributed by atoms with E-state index in [0.29, 0.717) is 18.3 Å². The van der Waals surface area contributed by atoms with Gasteiger partial charge in [0.25, 0.3) is 0 Å². The third-order valence-electron chi connectivity index (χ3n) is 4.83. The van der Waals surface area contributed by atoms with E-state index in [-0.39, 0.29) is 12.1 Å². The van der Waals surface area contributed by atoms with Crippen LogP contribution in [0.15, 0.2) is 18.3 Å². The quantitative estimate of drug-likeness (QED) is 0.841. The number of hydrogen-bond acceptors (Lipinski definition) is 5. The van der Waals surface area contributed by atoms with Crippen LogP contribution in [-0.2, 0) is 0 Å². The molecular weight excluding hydrogens is 336 g/mol. The maximum absolute atomic E-state index is 12.3. The second-order valence-corrected chi connectivity index (χ2v) is 8.00. The Morgan fingerprint density at radius 2 is 2.24 bits per heavy atom. The van der Waals surface area contributed by atoms with Crippen molar-refractivity contribution in [2.24, 2.45) is 0 Å². The standard InChI is InChI=1S/C18H28N4O2S/c1-14(25-2)12-20-18(23)22-11-7-15(13-22)24-16-6-5-8-19-17(16)21-9-3-4-10-21/h5-6,8,14-15H,3-4,7,9-13H2,1-2H3,(H,20,23)/t14-,15+/m0/s1. The average molecular weight is 365 g/mol. The number of rotatable bonds is 6. The summed E-state index contributed by atoms with van der Waals surface area (Å²) in [5.41, 5.74) is 0. The Hall–Kier alpha value is -1.63. The number of thioether (sulfide) groups is 1. The molecule has 2 aliphatic rings. The van der Waals surface area contributed by atoms with Gasteiger partial charge in [-0.2, -0.15) is 11.8 Å². The van der Waals surface area contributed by atoms with Gasteiger partial charge in [0.05, 0.1) is 6.54 Å². The van der Waals surface area contributed by atoms with Crippen LogP contribution in [0.1, 0.15) is 26.2 Å². The van der Waals surface area contributed by atoms with Crippen LogP contribution in [-0.4, -0.2) is 66.2 Å². The van der Waals surface area contributed by atoms with Crippen molar-refractivity contribution >= 4 is 23.6 Å². The number of likely N-dealkylation sites (tertiary alicyclic amines) is 1. The normalized spacial score (nSPS) is 21.4. The lowest BCUT2D eigenvalue weighted by Gasteiger charge is -2.22. The summed E-state index contributed by atoms with van der Waals surface area (Å²) >= 11 is 1.76. The fourth-order valence-electron chi connectivity index (χ4n) is 3.26. The van der Waals surface area contributed by atoms with Crippen molar-refractivity contribution in [2.45, 2.75) is 37.5 Å². The average Bonchev–Trinajstić information content (AvgIpc) is 3.32. The molecule has 2 fully saturated rings. The summed E-state index contributed by atoms with van der Waals surface area (Å²) in [6, 6.07) is 3.92. The lowest BCUT2D eigenvalue weighted by atomic mass is 10.3. The molecule has 2 aliphatic heterocycles. The predicted molar refractivity (Wildman–Crippen MR) is 103 cm³/mol. The van der Waals surface area contributed by atoms with E-state index in [1.807, 2.05) is 23.2 Å². The summed E-state index contributed by atoms with van der Waals surface area (Å²) in [4.78, 5) is 20.9. The highest BCUT2D eigenvalue weighted by atomic mass is 32.2. The largest absolute Gasteiger partial charge is 0.485 e. The van der Waals surface area contributed by atoms with Gasteiger partial charge < -0.3 is 19.9 Å². The van der Waals surface area contributed by atoms with E-state index in [1.165, 1.54) is 12.8 Å². The van der Waals surface area contributed by atoms with Crippen molar-refractivity contribution in [1.82, 2.24) is 15.2 Å². The molecule has 25 heavy (non-hydrogen) atoms. The summed E-state index contributed by atoms with van der Waals surface area (Å²) in [6.45, 7) is 6.27. The minimum atomic E-state index is 0.0120. The third kappa shape index (κ3) is 4.71. The van der Waals surface area contributed by atoms with Crippen LogP contribution in [0.25, 0.3) is 0 Å². The number of pyridine rings is 1. The predicted octanol–water partition coefficient (Wildman–Crippen LogP) is 2.60. The number of aromatic nitrogens is 1. The molecule has 6 nitrogen and oxygen atoms in total. The summed E-state index contributed by atoms with van der Waals surface area (Å²) in [5, 5.41) is 3.43. The Labute approximate surface area is 154 Å². The van der Waals surface area contributed by atoms with E-state index in [1.54, 1.807) is 11.8 Å². The Balaban J connectivity index is 1.54. The molecular formula is C18H28N4O2S. The molecule has 0 aromatic carbocycles. The van der Waals surface area contributed by atoms with Gasteiger partial charge in [-0.3, -0.25) is 0 Å². The number of urea groups is 1. The van der Waals surface area contributed by atoms with Gasteiger partial charge in [0.15, 0.2) is 11.6 Å². The van der Waals surface area contributed by atoms with E-state index < -0.39 is 0 Å². The lowest BCUT2D eigenvalue weighted by Crippen LogP contribution is -2.41. The monoisotopic (exact) mass is 364 g/mol. The van der Waals surface area contributed by atoms with Crippen LogP contribution >= 0.6 is 11.8 Å². The molecule has 1 aromatic heterocycles. The molecule has 0 aliphatic carbocycles. The van der Waals surface area contributed by atoms with Crippen molar-refractivity contribution in [1.29, 1.82) is 0 Å². The van der Waals surface area contributed by atoms with E-state index in [0.717, 1.165) is 37.6 Å². The van der Waals surface area contributed by atoms with Crippen molar-refractivity contribution in [3.8, 4) is 5.75 Å². The van der Waals surface area contributed by atoms with Crippen molar-refractivity contribution < 1.29 is 9.53 Å². The van der Waals surface area contributed by atoms with Gasteiger partial charge in [0.2, 0.25) is 0 Å². The van der Waals surface area contributed by atoms with E-state index in [2.05, 4.69) is 28.4 Å². The number of anilines is 1. The van der Waals surface area contributed by atoms with Gasteiger partial charge in [-0.1, -0.05) is 6.92 Å². The lowest BCUT2D eigenvalue weighted by molar-refractivity contribution is 0.187. The zero-order chi connectivity index (χ0) is 17.6. The number of amides is 2. The minimum absolute atomic E-state index is 0.0120. The summed E-state index contributed by atoms with van der Waals surface area (Å²) in [7, 11) is 0. The Morgan fingerprint density at radius 1 is 1.44 bits per heavy atom. The zero-order valence-corrected chi connectivity index (χ0v) is 15.9. The van der Waals surface area contributed by atoms with Gasteiger partial charge in [0.1, 0.15) is 6.10 Å². The van der Waals surface area contributed by atoms with E-state index in [9.17, 15) is 4.79 Å². The molecule has 2 saturated heterocycles. The zero-order valence-electron chi connectivity index (χ0n) is 15.1. The van der Waals surface area contributed by atoms with Crippen molar-refractivity contribution in [3.63, 3.8) is 0 Å². The maximum Gasteiger partial charge on any atom is 0.317 e. The third-order valence-corrected chi connectivity index (χ3v) is 5.80. The SMILES string of the molecule is CS[C@@H](C)CNC(=O)N1CC[C@@H](Oc2cccnc2N2CCCC2)C1. The van der Waals surface area contributed by atoms with Crippen LogP contribution in [0.5, 0.6) is 5.75 Å². The number of nitrogens with zero attached hydrogens (tertiary/aromatic N) is 3. The van der Waals surface area contributed by atoms with Gasteiger partial charge >= 0.3 is 6.03 Å². The molecule has 3 rings (SSSR count). The van der Waals surface area contributed by atoms with Crippen molar-refractivity contribution in [2.75, 3.05) is 43.9 Å². The summed E-state index contributed by atoms with van der Waals surface area (Å²) in [5.74, 6) is 1.78. The van der Waals surface area contributed by atoms with Crippen LogP contribution < -0.4 is 15.0 Å². The number of carbonyl (C=O) groups is 1. The Kier molecular flexibility index (Phi) is 6.29. The van der Waals surface area contributed by atoms with E-state index >= 15 is 0 Å². The Bertz CT molecular complexity index is 580. The molecule has 0 saturated carbocycles. The fourth-order valence-corrected chi connectivity index (χ4v) is 3.51. The molecule has 1 N–H and O–H groups in total. The summed E-state index contributed by atoms with van der Waals surface area (Å²) in [6.07, 6.45) is 7.20. The van der Waals surface area contributed by atoms with Crippen LogP contribution in [0.4, 0.5) is 10.6 Å². The van der Waals surface area contributed by atoms with Crippen LogP contribution in [0, 0.1) is 0 Å². The number of hydrogen-bond donors (Lipinski definition) is 1. The summed E-state index contributed by atoms with van der Waals surface area (Å²) < 4.78 is 6.22. The highest BCUT2D eigenvalue weighted by Gasteiger charge is 2.29. The molecule has 1 aromatic rings. The molecule has 138 valence electrons. The van der Waals surface area contributed by atoms with Crippen LogP contribution in [0.3, 0.4) is 0 Å². The molecule has 0 radical (unpaired) electrons. The van der Waals surface area contributed by atoms with Crippen molar-refractivity contribution in [3.05, 3.63) is 18.3 Å². The molecule has 0 unspecified atom stereocenters. The first-order valence-corrected chi connectivity index (χ1v) is 10.4. The van der Waals surface area contributed by atoms with E-state index in [4.69, 9.17) is 4.74 Å². The van der Waals surface area contributed by atoms with Gasteiger partial charge in [-0.25, -0.2) is 9.78 Å². The first-order valence-electron chi connectivity index (χ1n) is 9.09. The van der Waals surface area contributed by atoms with Crippen LogP contribution in [0.2, 0.25) is 0 Å². The van der Waals surface area contributed by atoms with Gasteiger partial charge in [0, 0.05) is 44.0 Å². The topological polar surface area (TPSA) is 57.7 Å². The highest BCUT2D eigenvalue weighted by Crippen LogP contribution is 2.30. The molecule has 2 amide bonds. The highest BCUT2D eigenvalue weighted by molar-refractivity contribution is 7.99. The second-order valence-electron chi connectivity index (χ2n) is 6.73.